The third-order valence-electron chi connectivity index (χ3n) is 3.05. The van der Waals surface area contributed by atoms with Gasteiger partial charge in [-0.05, 0) is 25.3 Å². The first-order valence-corrected chi connectivity index (χ1v) is 8.96. The van der Waals surface area contributed by atoms with E-state index in [0.29, 0.717) is 13.0 Å². The molecule has 0 bridgehead atoms. The van der Waals surface area contributed by atoms with Crippen molar-refractivity contribution in [3.8, 4) is 0 Å². The van der Waals surface area contributed by atoms with E-state index in [1.807, 2.05) is 43.3 Å². The Hall–Kier alpha value is -3.41. The number of carboxylic acids is 2. The molecule has 0 spiro atoms. The Kier molecular flexibility index (Phi) is 17.2. The molecule has 158 valence electrons. The van der Waals surface area contributed by atoms with Crippen LogP contribution in [0, 0.1) is 0 Å². The van der Waals surface area contributed by atoms with Gasteiger partial charge in [0.05, 0.1) is 6.61 Å². The van der Waals surface area contributed by atoms with Crippen molar-refractivity contribution in [1.82, 2.24) is 0 Å². The Morgan fingerprint density at radius 3 is 2.03 bits per heavy atom. The first-order chi connectivity index (χ1) is 13.6. The number of carbonyl (C=O) groups excluding carboxylic acids is 1. The number of benzene rings is 1. The first kappa shape index (κ1) is 27.8. The summed E-state index contributed by atoms with van der Waals surface area (Å²) in [5, 5.41) is 16.4. The minimum atomic E-state index is -0.942. The lowest BCUT2D eigenvalue weighted by Gasteiger charge is -1.97. The summed E-state index contributed by atoms with van der Waals surface area (Å²) in [6, 6.07) is 9.73. The average Bonchev–Trinajstić information content (AvgIpc) is 2.69. The molecule has 0 aromatic heterocycles. The highest BCUT2D eigenvalue weighted by atomic mass is 16.5. The van der Waals surface area contributed by atoms with Crippen molar-refractivity contribution >= 4 is 24.0 Å². The Bertz CT molecular complexity index is 689. The quantitative estimate of drug-likeness (QED) is 0.346. The molecule has 0 saturated carbocycles. The molecule has 0 fully saturated rings. The summed E-state index contributed by atoms with van der Waals surface area (Å²) in [4.78, 5) is 30.4. The molecule has 0 aliphatic rings. The highest BCUT2D eigenvalue weighted by molar-refractivity contribution is 5.86. The number of ether oxygens (including phenoxy) is 1. The predicted octanol–water partition coefficient (Wildman–Crippen LogP) is 4.89. The van der Waals surface area contributed by atoms with Crippen molar-refractivity contribution in [2.24, 2.45) is 0 Å². The maximum atomic E-state index is 10.4. The molecule has 0 saturated heterocycles. The zero-order chi connectivity index (χ0) is 22.7. The largest absolute Gasteiger partial charge is 0.478 e. The van der Waals surface area contributed by atoms with Gasteiger partial charge in [-0.3, -0.25) is 0 Å². The van der Waals surface area contributed by atoms with Crippen LogP contribution in [-0.2, 0) is 19.1 Å². The molecule has 0 amide bonds. The number of unbranched alkanes of at least 4 members (excludes halogenated alkanes) is 1. The maximum Gasteiger partial charge on any atom is 0.331 e. The van der Waals surface area contributed by atoms with Crippen LogP contribution in [0.25, 0.3) is 6.08 Å². The van der Waals surface area contributed by atoms with E-state index >= 15 is 0 Å². The molecule has 0 atom stereocenters. The standard InChI is InChI=1S/C12H12O2.C7H12O2.C4H6O2/c1-10(12(13)14)6-5-9-11-7-3-2-4-8-11;1-3-5-6-9-7(8)4-2;1-3(2)4(5)6/h2-5,7-9H,1,6H2,(H,13,14);4H,2-3,5-6H2,1H3;1H2,2H3,(H,5,6). The van der Waals surface area contributed by atoms with Crippen LogP contribution in [0.1, 0.15) is 38.7 Å². The van der Waals surface area contributed by atoms with Crippen LogP contribution < -0.4 is 0 Å². The summed E-state index contributed by atoms with van der Waals surface area (Å²) in [5.74, 6) is -2.21. The van der Waals surface area contributed by atoms with Gasteiger partial charge in [0.1, 0.15) is 0 Å². The fourth-order valence-electron chi connectivity index (χ4n) is 1.36. The van der Waals surface area contributed by atoms with E-state index in [2.05, 4.69) is 24.5 Å². The first-order valence-electron chi connectivity index (χ1n) is 8.96. The van der Waals surface area contributed by atoms with Crippen LogP contribution in [0.5, 0.6) is 0 Å². The second-order valence-corrected chi connectivity index (χ2v) is 5.74. The van der Waals surface area contributed by atoms with Gasteiger partial charge in [0.25, 0.3) is 0 Å². The molecule has 0 heterocycles. The van der Waals surface area contributed by atoms with Crippen molar-refractivity contribution in [3.05, 3.63) is 78.9 Å². The Labute approximate surface area is 172 Å². The number of hydrogen-bond donors (Lipinski definition) is 2. The van der Waals surface area contributed by atoms with E-state index in [4.69, 9.17) is 10.2 Å². The average molecular weight is 402 g/mol. The number of rotatable bonds is 9. The minimum Gasteiger partial charge on any atom is -0.478 e. The van der Waals surface area contributed by atoms with E-state index < -0.39 is 11.9 Å². The summed E-state index contributed by atoms with van der Waals surface area (Å²) >= 11 is 0. The van der Waals surface area contributed by atoms with Crippen molar-refractivity contribution in [1.29, 1.82) is 0 Å². The van der Waals surface area contributed by atoms with Crippen LogP contribution in [0.15, 0.2) is 73.4 Å². The molecule has 1 aromatic rings. The molecule has 0 aliphatic heterocycles. The molecule has 0 aliphatic carbocycles. The van der Waals surface area contributed by atoms with Gasteiger partial charge in [-0.15, -0.1) is 0 Å². The lowest BCUT2D eigenvalue weighted by molar-refractivity contribution is -0.138. The normalized spacial score (nSPS) is 9.17. The fourth-order valence-corrected chi connectivity index (χ4v) is 1.36. The van der Waals surface area contributed by atoms with Gasteiger partial charge in [0, 0.05) is 17.2 Å². The minimum absolute atomic E-state index is 0.176. The number of esters is 1. The molecule has 29 heavy (non-hydrogen) atoms. The molecular formula is C23H30O6. The summed E-state index contributed by atoms with van der Waals surface area (Å²) in [6.07, 6.45) is 7.21. The Morgan fingerprint density at radius 1 is 1.07 bits per heavy atom. The lowest BCUT2D eigenvalue weighted by atomic mass is 10.1. The molecule has 6 heteroatoms. The van der Waals surface area contributed by atoms with E-state index in [0.717, 1.165) is 18.4 Å². The molecule has 6 nitrogen and oxygen atoms in total. The Morgan fingerprint density at radius 2 is 1.62 bits per heavy atom. The van der Waals surface area contributed by atoms with Gasteiger partial charge in [0.15, 0.2) is 0 Å². The highest BCUT2D eigenvalue weighted by Crippen LogP contribution is 2.05. The monoisotopic (exact) mass is 402 g/mol. The summed E-state index contributed by atoms with van der Waals surface area (Å²) in [5.41, 5.74) is 1.44. The van der Waals surface area contributed by atoms with Crippen molar-refractivity contribution in [2.75, 3.05) is 6.61 Å². The predicted molar refractivity (Wildman–Crippen MR) is 115 cm³/mol. The van der Waals surface area contributed by atoms with Gasteiger partial charge in [-0.2, -0.15) is 0 Å². The zero-order valence-corrected chi connectivity index (χ0v) is 17.1. The van der Waals surface area contributed by atoms with E-state index in [1.54, 1.807) is 6.08 Å². The molecule has 1 rings (SSSR count). The van der Waals surface area contributed by atoms with Crippen molar-refractivity contribution in [2.45, 2.75) is 33.1 Å². The van der Waals surface area contributed by atoms with Gasteiger partial charge in [-0.25, -0.2) is 14.4 Å². The number of carbonyl (C=O) groups is 3. The van der Waals surface area contributed by atoms with Crippen LogP contribution in [0.2, 0.25) is 0 Å². The third-order valence-corrected chi connectivity index (χ3v) is 3.05. The van der Waals surface area contributed by atoms with Gasteiger partial charge >= 0.3 is 17.9 Å². The fraction of sp³-hybridized carbons (Fsp3) is 0.261. The lowest BCUT2D eigenvalue weighted by Crippen LogP contribution is -2.00. The van der Waals surface area contributed by atoms with E-state index in [-0.39, 0.29) is 17.1 Å². The Balaban J connectivity index is 0. The zero-order valence-electron chi connectivity index (χ0n) is 17.1. The highest BCUT2D eigenvalue weighted by Gasteiger charge is 1.99. The summed E-state index contributed by atoms with van der Waals surface area (Å²) in [6.45, 7) is 13.9. The number of carboxylic acid groups (broad SMARTS) is 2. The second-order valence-electron chi connectivity index (χ2n) is 5.74. The van der Waals surface area contributed by atoms with E-state index in [9.17, 15) is 14.4 Å². The van der Waals surface area contributed by atoms with Crippen molar-refractivity contribution in [3.63, 3.8) is 0 Å². The van der Waals surface area contributed by atoms with Gasteiger partial charge in [0.2, 0.25) is 0 Å². The molecule has 0 radical (unpaired) electrons. The van der Waals surface area contributed by atoms with Gasteiger partial charge in [-0.1, -0.05) is 75.6 Å². The molecule has 2 N–H and O–H groups in total. The smallest absolute Gasteiger partial charge is 0.331 e. The topological polar surface area (TPSA) is 101 Å². The molecule has 1 aromatic carbocycles. The second kappa shape index (κ2) is 18.0. The maximum absolute atomic E-state index is 10.4. The number of allylic oxidation sites excluding steroid dienone is 1. The van der Waals surface area contributed by atoms with Crippen LogP contribution in [-0.4, -0.2) is 34.7 Å². The van der Waals surface area contributed by atoms with Crippen LogP contribution >= 0.6 is 0 Å². The summed E-state index contributed by atoms with van der Waals surface area (Å²) < 4.78 is 4.67. The van der Waals surface area contributed by atoms with Gasteiger partial charge < -0.3 is 14.9 Å². The molecular weight excluding hydrogens is 372 g/mol. The molecule has 0 unspecified atom stereocenters. The van der Waals surface area contributed by atoms with Crippen LogP contribution in [0.3, 0.4) is 0 Å². The van der Waals surface area contributed by atoms with Crippen LogP contribution in [0.4, 0.5) is 0 Å². The summed E-state index contributed by atoms with van der Waals surface area (Å²) in [7, 11) is 0. The third kappa shape index (κ3) is 19.2. The number of hydrogen-bond acceptors (Lipinski definition) is 4. The number of aliphatic carboxylic acids is 2. The van der Waals surface area contributed by atoms with Crippen molar-refractivity contribution < 1.29 is 29.3 Å². The SMILES string of the molecule is C=C(C)C(=O)O.C=C(CC=Cc1ccccc1)C(=O)O.C=CC(=O)OCCCC. The van der Waals surface area contributed by atoms with E-state index in [1.165, 1.54) is 13.0 Å².